The van der Waals surface area contributed by atoms with Crippen LogP contribution >= 0.6 is 0 Å². The van der Waals surface area contributed by atoms with Gasteiger partial charge >= 0.3 is 0 Å². The molecule has 3 heteroatoms. The minimum Gasteiger partial charge on any atom is -0.273 e. The molecule has 0 heterocycles. The van der Waals surface area contributed by atoms with E-state index in [1.54, 1.807) is 6.21 Å². The van der Waals surface area contributed by atoms with E-state index < -0.39 is 0 Å². The van der Waals surface area contributed by atoms with E-state index in [9.17, 15) is 4.79 Å². The van der Waals surface area contributed by atoms with E-state index in [1.165, 1.54) is 11.1 Å². The Morgan fingerprint density at radius 1 is 0.857 bits per heavy atom. The van der Waals surface area contributed by atoms with Crippen molar-refractivity contribution < 1.29 is 4.79 Å². The highest BCUT2D eigenvalue weighted by atomic mass is 16.2. The lowest BCUT2D eigenvalue weighted by Crippen LogP contribution is -2.25. The molecular formula is C25H22N2O. The normalized spacial score (nSPS) is 17.6. The number of benzene rings is 3. The van der Waals surface area contributed by atoms with Crippen LogP contribution in [0.15, 0.2) is 102 Å². The third kappa shape index (κ3) is 3.65. The molecule has 1 N–H and O–H groups in total. The first kappa shape index (κ1) is 17.9. The maximum Gasteiger partial charge on any atom is 0.244 e. The number of nitrogens with one attached hydrogen (secondary N) is 1. The van der Waals surface area contributed by atoms with Gasteiger partial charge in [0.1, 0.15) is 0 Å². The summed E-state index contributed by atoms with van der Waals surface area (Å²) in [4.78, 5) is 12.8. The molecule has 0 saturated heterocycles. The summed E-state index contributed by atoms with van der Waals surface area (Å²) in [5, 5.41) is 4.09. The van der Waals surface area contributed by atoms with Crippen molar-refractivity contribution in [3.05, 3.63) is 114 Å². The Labute approximate surface area is 165 Å². The molecule has 1 aliphatic carbocycles. The third-order valence-corrected chi connectivity index (χ3v) is 5.28. The number of allylic oxidation sites excluding steroid dienone is 1. The lowest BCUT2D eigenvalue weighted by atomic mass is 9.85. The SMILES string of the molecule is O=C(NN=C/C=C/c1ccccc1)[C@H]1CC1(c1ccccc1)c1ccccc1. The van der Waals surface area contributed by atoms with E-state index in [4.69, 9.17) is 0 Å². The first-order chi connectivity index (χ1) is 13.8. The van der Waals surface area contributed by atoms with E-state index >= 15 is 0 Å². The van der Waals surface area contributed by atoms with Gasteiger partial charge in [-0.25, -0.2) is 5.43 Å². The van der Waals surface area contributed by atoms with Gasteiger partial charge in [-0.2, -0.15) is 5.10 Å². The van der Waals surface area contributed by atoms with E-state index in [1.807, 2.05) is 78.9 Å². The van der Waals surface area contributed by atoms with Crippen LogP contribution in [0.5, 0.6) is 0 Å². The monoisotopic (exact) mass is 366 g/mol. The summed E-state index contributed by atoms with van der Waals surface area (Å²) in [7, 11) is 0. The maximum absolute atomic E-state index is 12.8. The van der Waals surface area contributed by atoms with Crippen molar-refractivity contribution >= 4 is 18.2 Å². The van der Waals surface area contributed by atoms with Gasteiger partial charge in [-0.05, 0) is 29.2 Å². The molecule has 4 rings (SSSR count). The molecule has 1 amide bonds. The molecule has 1 fully saturated rings. The standard InChI is InChI=1S/C25H22N2O/c28-24(27-26-18-10-13-20-11-4-1-5-12-20)23-19-25(23,21-14-6-2-7-15-21)22-16-8-3-9-17-22/h1-18,23H,19H2,(H,27,28)/b13-10+,26-18?/t23-/m1/s1. The van der Waals surface area contributed by atoms with Crippen LogP contribution in [-0.2, 0) is 10.2 Å². The first-order valence-corrected chi connectivity index (χ1v) is 9.46. The molecule has 3 aromatic carbocycles. The van der Waals surface area contributed by atoms with Crippen molar-refractivity contribution in [2.24, 2.45) is 11.0 Å². The van der Waals surface area contributed by atoms with E-state index in [0.717, 1.165) is 12.0 Å². The zero-order chi connectivity index (χ0) is 19.2. The van der Waals surface area contributed by atoms with Gasteiger partial charge in [0.05, 0.1) is 5.92 Å². The minimum atomic E-state index is -0.262. The van der Waals surface area contributed by atoms with Crippen molar-refractivity contribution in [3.8, 4) is 0 Å². The molecule has 1 saturated carbocycles. The summed E-state index contributed by atoms with van der Waals surface area (Å²) in [6.07, 6.45) is 6.18. The van der Waals surface area contributed by atoms with Gasteiger partial charge < -0.3 is 0 Å². The van der Waals surface area contributed by atoms with Crippen molar-refractivity contribution in [2.75, 3.05) is 0 Å². The second kappa shape index (κ2) is 8.05. The van der Waals surface area contributed by atoms with Gasteiger partial charge in [0, 0.05) is 11.6 Å². The topological polar surface area (TPSA) is 41.5 Å². The Morgan fingerprint density at radius 3 is 1.96 bits per heavy atom. The number of carbonyl (C=O) groups is 1. The summed E-state index contributed by atoms with van der Waals surface area (Å²) in [6.45, 7) is 0. The van der Waals surface area contributed by atoms with Gasteiger partial charge in [-0.3, -0.25) is 4.79 Å². The molecule has 3 nitrogen and oxygen atoms in total. The van der Waals surface area contributed by atoms with Crippen molar-refractivity contribution in [1.29, 1.82) is 0 Å². The minimum absolute atomic E-state index is 0.0444. The molecule has 28 heavy (non-hydrogen) atoms. The fourth-order valence-electron chi connectivity index (χ4n) is 3.80. The third-order valence-electron chi connectivity index (χ3n) is 5.28. The Kier molecular flexibility index (Phi) is 5.16. The molecule has 1 atom stereocenters. The number of nitrogens with zero attached hydrogens (tertiary/aromatic N) is 1. The van der Waals surface area contributed by atoms with Crippen molar-refractivity contribution in [3.63, 3.8) is 0 Å². The second-order valence-electron chi connectivity index (χ2n) is 6.98. The van der Waals surface area contributed by atoms with E-state index in [0.29, 0.717) is 0 Å². The van der Waals surface area contributed by atoms with Crippen LogP contribution in [0.4, 0.5) is 0 Å². The number of carbonyl (C=O) groups excluding carboxylic acids is 1. The zero-order valence-electron chi connectivity index (χ0n) is 15.5. The molecule has 0 radical (unpaired) electrons. The molecular weight excluding hydrogens is 344 g/mol. The highest BCUT2D eigenvalue weighted by Crippen LogP contribution is 2.58. The van der Waals surface area contributed by atoms with E-state index in [2.05, 4.69) is 34.8 Å². The average molecular weight is 366 g/mol. The Morgan fingerprint density at radius 2 is 1.39 bits per heavy atom. The number of amides is 1. The van der Waals surface area contributed by atoms with Gasteiger partial charge in [-0.1, -0.05) is 97.1 Å². The second-order valence-corrected chi connectivity index (χ2v) is 6.98. The predicted molar refractivity (Wildman–Crippen MR) is 114 cm³/mol. The summed E-state index contributed by atoms with van der Waals surface area (Å²) in [6, 6.07) is 30.5. The van der Waals surface area contributed by atoms with Gasteiger partial charge in [0.25, 0.3) is 0 Å². The summed E-state index contributed by atoms with van der Waals surface area (Å²) in [5.41, 5.74) is 5.89. The Hall–Kier alpha value is -3.46. The Bertz CT molecular complexity index is 939. The molecule has 0 aromatic heterocycles. The van der Waals surface area contributed by atoms with Crippen LogP contribution in [0.2, 0.25) is 0 Å². The molecule has 1 aliphatic rings. The number of hydrogen-bond acceptors (Lipinski definition) is 2. The average Bonchev–Trinajstić information content (AvgIpc) is 3.53. The lowest BCUT2D eigenvalue weighted by molar-refractivity contribution is -0.122. The van der Waals surface area contributed by atoms with Gasteiger partial charge in [-0.15, -0.1) is 0 Å². The molecule has 0 unspecified atom stereocenters. The number of rotatable bonds is 6. The molecule has 0 aliphatic heterocycles. The summed E-state index contributed by atoms with van der Waals surface area (Å²) >= 11 is 0. The van der Waals surface area contributed by atoms with Crippen molar-refractivity contribution in [1.82, 2.24) is 5.43 Å². The van der Waals surface area contributed by atoms with Crippen LogP contribution < -0.4 is 5.43 Å². The summed E-state index contributed by atoms with van der Waals surface area (Å²) in [5.74, 6) is -0.162. The first-order valence-electron chi connectivity index (χ1n) is 9.46. The maximum atomic E-state index is 12.8. The van der Waals surface area contributed by atoms with Crippen LogP contribution in [0.25, 0.3) is 6.08 Å². The fraction of sp³-hybridized carbons (Fsp3) is 0.120. The largest absolute Gasteiger partial charge is 0.273 e. The van der Waals surface area contributed by atoms with Crippen LogP contribution in [0, 0.1) is 5.92 Å². The van der Waals surface area contributed by atoms with Gasteiger partial charge in [0.15, 0.2) is 0 Å². The number of hydrazone groups is 1. The fourth-order valence-corrected chi connectivity index (χ4v) is 3.80. The molecule has 3 aromatic rings. The molecule has 0 spiro atoms. The lowest BCUT2D eigenvalue weighted by Gasteiger charge is -2.18. The highest BCUT2D eigenvalue weighted by molar-refractivity contribution is 5.87. The van der Waals surface area contributed by atoms with Crippen molar-refractivity contribution in [2.45, 2.75) is 11.8 Å². The van der Waals surface area contributed by atoms with Crippen LogP contribution in [-0.4, -0.2) is 12.1 Å². The molecule has 138 valence electrons. The van der Waals surface area contributed by atoms with Crippen LogP contribution in [0.3, 0.4) is 0 Å². The highest BCUT2D eigenvalue weighted by Gasteiger charge is 2.60. The smallest absolute Gasteiger partial charge is 0.244 e. The van der Waals surface area contributed by atoms with Gasteiger partial charge in [0.2, 0.25) is 5.91 Å². The van der Waals surface area contributed by atoms with E-state index in [-0.39, 0.29) is 17.2 Å². The predicted octanol–water partition coefficient (Wildman–Crippen LogP) is 4.81. The number of hydrogen-bond donors (Lipinski definition) is 1. The quantitative estimate of drug-likeness (QED) is 0.494. The molecule has 0 bridgehead atoms. The zero-order valence-corrected chi connectivity index (χ0v) is 15.5. The Balaban J connectivity index is 1.46. The van der Waals surface area contributed by atoms with Crippen LogP contribution in [0.1, 0.15) is 23.1 Å². The summed E-state index contributed by atoms with van der Waals surface area (Å²) < 4.78 is 0.